The number of likely N-dealkylation sites (tertiary alicyclic amines) is 1. The van der Waals surface area contributed by atoms with Crippen LogP contribution in [0.1, 0.15) is 20.3 Å². The lowest BCUT2D eigenvalue weighted by molar-refractivity contribution is -0.129. The summed E-state index contributed by atoms with van der Waals surface area (Å²) in [6, 6.07) is 0.132. The molecule has 5 heteroatoms. The number of likely N-dealkylation sites (N-methyl/N-ethyl adjacent to an activating group) is 1. The van der Waals surface area contributed by atoms with Crippen molar-refractivity contribution in [1.82, 2.24) is 15.5 Å². The van der Waals surface area contributed by atoms with Crippen LogP contribution in [0.25, 0.3) is 0 Å². The molecule has 1 saturated heterocycles. The van der Waals surface area contributed by atoms with Crippen LogP contribution < -0.4 is 10.6 Å². The molecule has 1 atom stereocenters. The maximum Gasteiger partial charge on any atom is 0.236 e. The summed E-state index contributed by atoms with van der Waals surface area (Å²) in [5.41, 5.74) is 0. The molecular weight excluding hydrogens is 194 g/mol. The molecule has 0 bridgehead atoms. The zero-order chi connectivity index (χ0) is 11.3. The van der Waals surface area contributed by atoms with Crippen molar-refractivity contribution in [3.63, 3.8) is 0 Å². The number of carbonyl (C=O) groups is 2. The average molecular weight is 213 g/mol. The highest BCUT2D eigenvalue weighted by Gasteiger charge is 2.25. The molecule has 0 aromatic carbocycles. The summed E-state index contributed by atoms with van der Waals surface area (Å²) in [7, 11) is 0. The Hall–Kier alpha value is -1.10. The molecule has 0 aromatic rings. The van der Waals surface area contributed by atoms with E-state index in [0.29, 0.717) is 13.1 Å². The number of hydrogen-bond donors (Lipinski definition) is 2. The summed E-state index contributed by atoms with van der Waals surface area (Å²) >= 11 is 0. The van der Waals surface area contributed by atoms with Gasteiger partial charge in [-0.2, -0.15) is 0 Å². The van der Waals surface area contributed by atoms with E-state index in [2.05, 4.69) is 10.6 Å². The van der Waals surface area contributed by atoms with Crippen LogP contribution in [-0.4, -0.2) is 48.9 Å². The Labute approximate surface area is 90.2 Å². The molecule has 0 aliphatic carbocycles. The summed E-state index contributed by atoms with van der Waals surface area (Å²) in [4.78, 5) is 24.2. The summed E-state index contributed by atoms with van der Waals surface area (Å²) < 4.78 is 0. The van der Waals surface area contributed by atoms with Crippen LogP contribution in [0.5, 0.6) is 0 Å². The number of carbonyl (C=O) groups excluding carboxylic acids is 2. The molecule has 2 N–H and O–H groups in total. The third-order valence-electron chi connectivity index (χ3n) is 2.47. The molecule has 2 amide bonds. The third kappa shape index (κ3) is 3.87. The summed E-state index contributed by atoms with van der Waals surface area (Å²) in [5.74, 6) is 0.0886. The van der Waals surface area contributed by atoms with Crippen molar-refractivity contribution >= 4 is 11.8 Å². The number of rotatable bonds is 4. The topological polar surface area (TPSA) is 61.4 Å². The molecular formula is C10H19N3O2. The van der Waals surface area contributed by atoms with E-state index < -0.39 is 0 Å². The van der Waals surface area contributed by atoms with Crippen LogP contribution in [0.2, 0.25) is 0 Å². The highest BCUT2D eigenvalue weighted by molar-refractivity contribution is 5.79. The van der Waals surface area contributed by atoms with Gasteiger partial charge in [-0.3, -0.25) is 9.59 Å². The first-order valence-electron chi connectivity index (χ1n) is 5.39. The quantitative estimate of drug-likeness (QED) is 0.651. The normalized spacial score (nSPS) is 20.4. The smallest absolute Gasteiger partial charge is 0.236 e. The van der Waals surface area contributed by atoms with Gasteiger partial charge in [0.05, 0.1) is 6.54 Å². The van der Waals surface area contributed by atoms with Crippen molar-refractivity contribution in [3.8, 4) is 0 Å². The number of nitrogens with one attached hydrogen (secondary N) is 2. The van der Waals surface area contributed by atoms with E-state index in [-0.39, 0.29) is 17.9 Å². The van der Waals surface area contributed by atoms with Crippen molar-refractivity contribution in [2.75, 3.05) is 26.2 Å². The molecule has 1 heterocycles. The Kier molecular flexibility index (Phi) is 4.55. The SMILES string of the molecule is CCNCC(=O)N1CCC(NC(C)=O)C1. The Bertz CT molecular complexity index is 243. The molecule has 1 rings (SSSR count). The summed E-state index contributed by atoms with van der Waals surface area (Å²) in [6.45, 7) is 6.05. The van der Waals surface area contributed by atoms with E-state index in [1.165, 1.54) is 6.92 Å². The third-order valence-corrected chi connectivity index (χ3v) is 2.47. The second kappa shape index (κ2) is 5.70. The van der Waals surface area contributed by atoms with E-state index in [4.69, 9.17) is 0 Å². The van der Waals surface area contributed by atoms with Gasteiger partial charge in [-0.1, -0.05) is 6.92 Å². The van der Waals surface area contributed by atoms with Gasteiger partial charge in [-0.25, -0.2) is 0 Å². The first-order valence-corrected chi connectivity index (χ1v) is 5.39. The Balaban J connectivity index is 2.29. The molecule has 1 fully saturated rings. The van der Waals surface area contributed by atoms with Crippen molar-refractivity contribution in [3.05, 3.63) is 0 Å². The zero-order valence-corrected chi connectivity index (χ0v) is 9.38. The van der Waals surface area contributed by atoms with Crippen molar-refractivity contribution < 1.29 is 9.59 Å². The molecule has 86 valence electrons. The molecule has 0 saturated carbocycles. The first kappa shape index (κ1) is 12.0. The highest BCUT2D eigenvalue weighted by Crippen LogP contribution is 2.08. The van der Waals surface area contributed by atoms with Crippen LogP contribution in [-0.2, 0) is 9.59 Å². The van der Waals surface area contributed by atoms with Gasteiger partial charge >= 0.3 is 0 Å². The van der Waals surface area contributed by atoms with E-state index in [9.17, 15) is 9.59 Å². The minimum Gasteiger partial charge on any atom is -0.352 e. The fourth-order valence-electron chi connectivity index (χ4n) is 1.74. The standard InChI is InChI=1S/C10H19N3O2/c1-3-11-6-10(15)13-5-4-9(7-13)12-8(2)14/h9,11H,3-7H2,1-2H3,(H,12,14). The van der Waals surface area contributed by atoms with Crippen molar-refractivity contribution in [2.45, 2.75) is 26.3 Å². The Morgan fingerprint density at radius 2 is 2.20 bits per heavy atom. The predicted molar refractivity (Wildman–Crippen MR) is 57.3 cm³/mol. The average Bonchev–Trinajstić information content (AvgIpc) is 2.61. The van der Waals surface area contributed by atoms with Crippen LogP contribution in [0, 0.1) is 0 Å². The minimum absolute atomic E-state index is 0.0269. The molecule has 5 nitrogen and oxygen atoms in total. The second-order valence-electron chi connectivity index (χ2n) is 3.81. The predicted octanol–water partition coefficient (Wildman–Crippen LogP) is -0.667. The summed E-state index contributed by atoms with van der Waals surface area (Å²) in [6.07, 6.45) is 0.859. The van der Waals surface area contributed by atoms with Gasteiger partial charge in [0, 0.05) is 26.1 Å². The van der Waals surface area contributed by atoms with Gasteiger partial charge < -0.3 is 15.5 Å². The molecule has 15 heavy (non-hydrogen) atoms. The number of hydrogen-bond acceptors (Lipinski definition) is 3. The van der Waals surface area contributed by atoms with Crippen molar-refractivity contribution in [2.24, 2.45) is 0 Å². The fourth-order valence-corrected chi connectivity index (χ4v) is 1.74. The van der Waals surface area contributed by atoms with Gasteiger partial charge in [0.15, 0.2) is 0 Å². The number of amides is 2. The fraction of sp³-hybridized carbons (Fsp3) is 0.800. The largest absolute Gasteiger partial charge is 0.352 e. The van der Waals surface area contributed by atoms with Gasteiger partial charge in [-0.15, -0.1) is 0 Å². The molecule has 1 aliphatic heterocycles. The highest BCUT2D eigenvalue weighted by atomic mass is 16.2. The van der Waals surface area contributed by atoms with Gasteiger partial charge in [0.1, 0.15) is 0 Å². The van der Waals surface area contributed by atoms with E-state index in [1.54, 1.807) is 4.90 Å². The lowest BCUT2D eigenvalue weighted by Gasteiger charge is -2.16. The Morgan fingerprint density at radius 3 is 2.80 bits per heavy atom. The lowest BCUT2D eigenvalue weighted by Crippen LogP contribution is -2.40. The maximum atomic E-state index is 11.6. The van der Waals surface area contributed by atoms with Gasteiger partial charge in [0.2, 0.25) is 11.8 Å². The monoisotopic (exact) mass is 213 g/mol. The van der Waals surface area contributed by atoms with Crippen LogP contribution in [0.15, 0.2) is 0 Å². The minimum atomic E-state index is -0.0269. The summed E-state index contributed by atoms with van der Waals surface area (Å²) in [5, 5.41) is 5.83. The lowest BCUT2D eigenvalue weighted by atomic mass is 10.3. The van der Waals surface area contributed by atoms with E-state index >= 15 is 0 Å². The maximum absolute atomic E-state index is 11.6. The van der Waals surface area contributed by atoms with Crippen LogP contribution in [0.3, 0.4) is 0 Å². The molecule has 1 aliphatic rings. The van der Waals surface area contributed by atoms with Crippen LogP contribution in [0.4, 0.5) is 0 Å². The molecule has 1 unspecified atom stereocenters. The van der Waals surface area contributed by atoms with Crippen molar-refractivity contribution in [1.29, 1.82) is 0 Å². The van der Waals surface area contributed by atoms with E-state index in [1.807, 2.05) is 6.92 Å². The molecule has 0 aromatic heterocycles. The molecule has 0 radical (unpaired) electrons. The number of nitrogens with zero attached hydrogens (tertiary/aromatic N) is 1. The van der Waals surface area contributed by atoms with E-state index in [0.717, 1.165) is 19.5 Å². The van der Waals surface area contributed by atoms with Gasteiger partial charge in [-0.05, 0) is 13.0 Å². The first-order chi connectivity index (χ1) is 7.13. The Morgan fingerprint density at radius 1 is 1.47 bits per heavy atom. The van der Waals surface area contributed by atoms with Gasteiger partial charge in [0.25, 0.3) is 0 Å². The second-order valence-corrected chi connectivity index (χ2v) is 3.81. The zero-order valence-electron chi connectivity index (χ0n) is 9.38. The molecule has 0 spiro atoms. The van der Waals surface area contributed by atoms with Crippen LogP contribution >= 0.6 is 0 Å².